The van der Waals surface area contributed by atoms with Crippen LogP contribution in [0.25, 0.3) is 6.08 Å². The van der Waals surface area contributed by atoms with E-state index in [1.54, 1.807) is 32.2 Å². The number of nitrogens with one attached hydrogen (secondary N) is 2. The first-order valence-corrected chi connectivity index (χ1v) is 13.2. The first kappa shape index (κ1) is 29.8. The Labute approximate surface area is 225 Å². The number of amidine groups is 1. The van der Waals surface area contributed by atoms with Crippen LogP contribution < -0.4 is 24.8 Å². The second-order valence-corrected chi connectivity index (χ2v) is 10.7. The zero-order valence-corrected chi connectivity index (χ0v) is 22.8. The minimum absolute atomic E-state index is 0. The van der Waals surface area contributed by atoms with Crippen molar-refractivity contribution in [2.45, 2.75) is 38.3 Å². The monoisotopic (exact) mass is 556 g/mol. The number of sulfonamides is 1. The molecular weight excluding hydrogens is 523 g/mol. The summed E-state index contributed by atoms with van der Waals surface area (Å²) in [6.45, 7) is 3.54. The molecule has 11 heteroatoms. The van der Waals surface area contributed by atoms with Crippen molar-refractivity contribution < 1.29 is 17.9 Å². The second-order valence-electron chi connectivity index (χ2n) is 8.56. The van der Waals surface area contributed by atoms with E-state index in [1.807, 2.05) is 30.4 Å². The van der Waals surface area contributed by atoms with Gasteiger partial charge >= 0.3 is 0 Å². The Bertz CT molecular complexity index is 1200. The lowest BCUT2D eigenvalue weighted by Crippen LogP contribution is -2.37. The fourth-order valence-electron chi connectivity index (χ4n) is 4.49. The van der Waals surface area contributed by atoms with Crippen LogP contribution in [0.3, 0.4) is 0 Å². The van der Waals surface area contributed by atoms with Crippen LogP contribution in [0.15, 0.2) is 42.5 Å². The minimum Gasteiger partial charge on any atom is -0.496 e. The van der Waals surface area contributed by atoms with Crippen molar-refractivity contribution >= 4 is 52.4 Å². The Morgan fingerprint density at radius 2 is 1.92 bits per heavy atom. The molecule has 0 spiro atoms. The summed E-state index contributed by atoms with van der Waals surface area (Å²) in [5, 5.41) is 11.0. The molecule has 0 aliphatic carbocycles. The van der Waals surface area contributed by atoms with E-state index in [2.05, 4.69) is 5.32 Å². The molecule has 1 unspecified atom stereocenters. The summed E-state index contributed by atoms with van der Waals surface area (Å²) in [6, 6.07) is 10.6. The van der Waals surface area contributed by atoms with Gasteiger partial charge in [0.1, 0.15) is 23.4 Å². The van der Waals surface area contributed by atoms with Gasteiger partial charge in [-0.3, -0.25) is 9.71 Å². The van der Waals surface area contributed by atoms with Gasteiger partial charge in [-0.1, -0.05) is 12.2 Å². The number of methoxy groups -OCH3 is 1. The number of fused-ring (bicyclic) bond motifs is 1. The van der Waals surface area contributed by atoms with Crippen LogP contribution in [0.4, 0.5) is 5.69 Å². The number of anilines is 1. The number of benzene rings is 2. The van der Waals surface area contributed by atoms with Crippen LogP contribution in [0.1, 0.15) is 36.5 Å². The maximum Gasteiger partial charge on any atom is 0.235 e. The molecule has 198 valence electrons. The van der Waals surface area contributed by atoms with Crippen molar-refractivity contribution in [1.29, 1.82) is 5.41 Å². The van der Waals surface area contributed by atoms with Crippen molar-refractivity contribution in [3.05, 3.63) is 59.2 Å². The predicted octanol–water partition coefficient (Wildman–Crippen LogP) is 3.75. The van der Waals surface area contributed by atoms with E-state index in [1.165, 1.54) is 4.31 Å². The number of nitrogens with zero attached hydrogens (tertiary/aromatic N) is 1. The van der Waals surface area contributed by atoms with Crippen molar-refractivity contribution in [3.63, 3.8) is 0 Å². The molecule has 2 aliphatic heterocycles. The van der Waals surface area contributed by atoms with Gasteiger partial charge in [0.25, 0.3) is 0 Å². The molecule has 1 saturated heterocycles. The van der Waals surface area contributed by atoms with Crippen molar-refractivity contribution in [1.82, 2.24) is 5.32 Å². The third-order valence-electron chi connectivity index (χ3n) is 6.31. The molecule has 1 atom stereocenters. The van der Waals surface area contributed by atoms with E-state index in [9.17, 15) is 8.42 Å². The molecule has 1 fully saturated rings. The van der Waals surface area contributed by atoms with E-state index < -0.39 is 10.0 Å². The number of halogens is 2. The second kappa shape index (κ2) is 12.7. The molecule has 36 heavy (non-hydrogen) atoms. The number of rotatable bonds is 8. The highest BCUT2D eigenvalue weighted by Crippen LogP contribution is 2.38. The van der Waals surface area contributed by atoms with Gasteiger partial charge in [0, 0.05) is 11.1 Å². The van der Waals surface area contributed by atoms with Crippen LogP contribution in [0, 0.1) is 5.41 Å². The average molecular weight is 558 g/mol. The lowest BCUT2D eigenvalue weighted by atomic mass is 10.1. The number of hydrogen-bond donors (Lipinski definition) is 3. The van der Waals surface area contributed by atoms with Gasteiger partial charge < -0.3 is 20.5 Å². The molecule has 0 radical (unpaired) electrons. The molecule has 0 saturated carbocycles. The Hall–Kier alpha value is -2.46. The van der Waals surface area contributed by atoms with Crippen LogP contribution >= 0.6 is 24.8 Å². The normalized spacial score (nSPS) is 17.7. The zero-order valence-electron chi connectivity index (χ0n) is 20.4. The van der Waals surface area contributed by atoms with Crippen LogP contribution in [-0.4, -0.2) is 52.4 Å². The van der Waals surface area contributed by atoms with E-state index in [0.717, 1.165) is 42.8 Å². The number of hydrogen-bond acceptors (Lipinski definition) is 6. The molecular formula is C25H34Cl2N4O4S. The predicted molar refractivity (Wildman–Crippen MR) is 150 cm³/mol. The quantitative estimate of drug-likeness (QED) is 0.336. The van der Waals surface area contributed by atoms with Gasteiger partial charge in [-0.05, 0) is 81.2 Å². The SMILES string of the molecule is CCS(=O)(=O)N1c2ccc(OC3CCNCC3)cc2CC1/C=C/c1cc(C(=N)N)ccc1OC.Cl.Cl. The van der Waals surface area contributed by atoms with E-state index >= 15 is 0 Å². The first-order valence-electron chi connectivity index (χ1n) is 11.6. The maximum absolute atomic E-state index is 13.0. The van der Waals surface area contributed by atoms with E-state index in [-0.39, 0.29) is 48.5 Å². The third kappa shape index (κ3) is 6.45. The van der Waals surface area contributed by atoms with Gasteiger partial charge in [-0.25, -0.2) is 8.42 Å². The van der Waals surface area contributed by atoms with Gasteiger partial charge in [0.15, 0.2) is 0 Å². The molecule has 8 nitrogen and oxygen atoms in total. The largest absolute Gasteiger partial charge is 0.496 e. The molecule has 4 N–H and O–H groups in total. The lowest BCUT2D eigenvalue weighted by Gasteiger charge is -2.25. The zero-order chi connectivity index (χ0) is 24.3. The average Bonchev–Trinajstić information content (AvgIpc) is 3.21. The Balaban J connectivity index is 0.00000228. The van der Waals surface area contributed by atoms with Crippen molar-refractivity contribution in [3.8, 4) is 11.5 Å². The summed E-state index contributed by atoms with van der Waals surface area (Å²) in [4.78, 5) is 0. The minimum atomic E-state index is -3.49. The summed E-state index contributed by atoms with van der Waals surface area (Å²) in [5.74, 6) is 1.37. The highest BCUT2D eigenvalue weighted by molar-refractivity contribution is 7.92. The lowest BCUT2D eigenvalue weighted by molar-refractivity contribution is 0.162. The van der Waals surface area contributed by atoms with Gasteiger partial charge in [0.2, 0.25) is 10.0 Å². The number of nitrogen functional groups attached to an aromatic ring is 1. The fraction of sp³-hybridized carbons (Fsp3) is 0.400. The molecule has 2 aromatic carbocycles. The fourth-order valence-corrected chi connectivity index (χ4v) is 5.81. The number of piperidine rings is 1. The van der Waals surface area contributed by atoms with Gasteiger partial charge in [-0.2, -0.15) is 0 Å². The highest BCUT2D eigenvalue weighted by atomic mass is 35.5. The van der Waals surface area contributed by atoms with Crippen molar-refractivity contribution in [2.24, 2.45) is 5.73 Å². The van der Waals surface area contributed by atoms with Gasteiger partial charge in [0.05, 0.1) is 24.6 Å². The third-order valence-corrected chi connectivity index (χ3v) is 8.11. The summed E-state index contributed by atoms with van der Waals surface area (Å²) in [7, 11) is -1.92. The summed E-state index contributed by atoms with van der Waals surface area (Å²) >= 11 is 0. The molecule has 0 bridgehead atoms. The molecule has 0 amide bonds. The Kier molecular flexibility index (Phi) is 10.5. The highest BCUT2D eigenvalue weighted by Gasteiger charge is 2.35. The summed E-state index contributed by atoms with van der Waals surface area (Å²) in [5.41, 5.74) is 8.59. The molecule has 2 aliphatic rings. The van der Waals surface area contributed by atoms with Crippen LogP contribution in [-0.2, 0) is 16.4 Å². The van der Waals surface area contributed by atoms with Gasteiger partial charge in [-0.15, -0.1) is 24.8 Å². The van der Waals surface area contributed by atoms with E-state index in [4.69, 9.17) is 20.6 Å². The van der Waals surface area contributed by atoms with Crippen LogP contribution in [0.5, 0.6) is 11.5 Å². The van der Waals surface area contributed by atoms with Crippen LogP contribution in [0.2, 0.25) is 0 Å². The van der Waals surface area contributed by atoms with Crippen molar-refractivity contribution in [2.75, 3.05) is 30.3 Å². The Morgan fingerprint density at radius 1 is 1.19 bits per heavy atom. The number of ether oxygens (including phenoxy) is 2. The topological polar surface area (TPSA) is 118 Å². The number of nitrogens with two attached hydrogens (primary N) is 1. The maximum atomic E-state index is 13.0. The van der Waals surface area contributed by atoms with E-state index in [0.29, 0.717) is 23.4 Å². The molecule has 2 heterocycles. The standard InChI is InChI=1S/C25H32N4O4S.2ClH/c1-3-34(30,31)29-20(6-4-17-14-18(25(26)27)5-9-24(17)32-2)15-19-16-22(7-8-23(19)29)33-21-10-12-28-13-11-21;;/h4-9,14,16,20-21,28H,3,10-13,15H2,1-2H3,(H3,26,27);2*1H/b6-4+;;. The molecule has 2 aromatic rings. The smallest absolute Gasteiger partial charge is 0.235 e. The molecule has 4 rings (SSSR count). The summed E-state index contributed by atoms with van der Waals surface area (Å²) < 4.78 is 39.2. The molecule has 0 aromatic heterocycles. The summed E-state index contributed by atoms with van der Waals surface area (Å²) in [6.07, 6.45) is 6.35. The Morgan fingerprint density at radius 3 is 2.56 bits per heavy atom. The first-order chi connectivity index (χ1) is 16.3.